The molecule has 0 aliphatic rings. The lowest BCUT2D eigenvalue weighted by atomic mass is 10.2. The molecule has 2 amide bonds. The topological polar surface area (TPSA) is 88.9 Å². The van der Waals surface area contributed by atoms with Crippen LogP contribution < -0.4 is 10.6 Å². The van der Waals surface area contributed by atoms with Crippen LogP contribution in [0, 0.1) is 6.92 Å². The Labute approximate surface area is 194 Å². The van der Waals surface area contributed by atoms with E-state index in [1.165, 1.54) is 11.8 Å². The van der Waals surface area contributed by atoms with E-state index in [1.807, 2.05) is 24.5 Å². The first-order valence-corrected chi connectivity index (χ1v) is 11.3. The van der Waals surface area contributed by atoms with Gasteiger partial charge in [0.05, 0.1) is 12.2 Å². The molecule has 10 heteroatoms. The molecule has 3 rings (SSSR count). The van der Waals surface area contributed by atoms with Gasteiger partial charge in [0.25, 0.3) is 0 Å². The molecule has 0 fully saturated rings. The van der Waals surface area contributed by atoms with E-state index in [2.05, 4.69) is 20.8 Å². The summed E-state index contributed by atoms with van der Waals surface area (Å²) in [5.74, 6) is 0.293. The number of rotatable bonds is 8. The third kappa shape index (κ3) is 6.46. The van der Waals surface area contributed by atoms with Crippen molar-refractivity contribution in [3.8, 4) is 0 Å². The number of carbonyl (C=O) groups is 2. The smallest absolute Gasteiger partial charge is 0.234 e. The Balaban J connectivity index is 1.59. The minimum Gasteiger partial charge on any atom is -0.326 e. The summed E-state index contributed by atoms with van der Waals surface area (Å²) >= 11 is 13.1. The second kappa shape index (κ2) is 10.7. The second-order valence-electron chi connectivity index (χ2n) is 6.67. The molecule has 2 aromatic carbocycles. The van der Waals surface area contributed by atoms with E-state index in [1.54, 1.807) is 36.4 Å². The first-order chi connectivity index (χ1) is 14.9. The van der Waals surface area contributed by atoms with Crippen molar-refractivity contribution in [1.82, 2.24) is 14.8 Å². The van der Waals surface area contributed by atoms with E-state index < -0.39 is 0 Å². The molecule has 7 nitrogen and oxygen atoms in total. The van der Waals surface area contributed by atoms with Crippen LogP contribution >= 0.6 is 35.0 Å². The van der Waals surface area contributed by atoms with Crippen LogP contribution in [0.4, 0.5) is 11.4 Å². The van der Waals surface area contributed by atoms with Gasteiger partial charge in [-0.25, -0.2) is 0 Å². The summed E-state index contributed by atoms with van der Waals surface area (Å²) in [6.07, 6.45) is 0.0674. The molecule has 2 N–H and O–H groups in total. The number of aryl methyl sites for hydroxylation is 1. The summed E-state index contributed by atoms with van der Waals surface area (Å²) in [5, 5.41) is 15.7. The van der Waals surface area contributed by atoms with E-state index in [0.717, 1.165) is 5.56 Å². The van der Waals surface area contributed by atoms with Gasteiger partial charge in [-0.1, -0.05) is 41.0 Å². The average Bonchev–Trinajstić information content (AvgIpc) is 3.12. The molecule has 1 heterocycles. The van der Waals surface area contributed by atoms with E-state index >= 15 is 0 Å². The predicted octanol–water partition coefficient (Wildman–Crippen LogP) is 4.83. The van der Waals surface area contributed by atoms with Gasteiger partial charge < -0.3 is 15.2 Å². The zero-order valence-corrected chi connectivity index (χ0v) is 19.3. The molecule has 0 saturated heterocycles. The van der Waals surface area contributed by atoms with Gasteiger partial charge in [-0.2, -0.15) is 0 Å². The van der Waals surface area contributed by atoms with Crippen molar-refractivity contribution in [3.05, 3.63) is 63.9 Å². The van der Waals surface area contributed by atoms with E-state index in [0.29, 0.717) is 38.9 Å². The highest BCUT2D eigenvalue weighted by Gasteiger charge is 2.16. The largest absolute Gasteiger partial charge is 0.326 e. The van der Waals surface area contributed by atoms with Gasteiger partial charge in [-0.05, 0) is 55.8 Å². The Kier molecular flexibility index (Phi) is 7.95. The maximum absolute atomic E-state index is 12.4. The number of hydrogen-bond donors (Lipinski definition) is 2. The van der Waals surface area contributed by atoms with E-state index in [-0.39, 0.29) is 24.0 Å². The lowest BCUT2D eigenvalue weighted by Crippen LogP contribution is -2.18. The highest BCUT2D eigenvalue weighted by molar-refractivity contribution is 7.99. The third-order valence-corrected chi connectivity index (χ3v) is 5.82. The number of hydrogen-bond acceptors (Lipinski definition) is 5. The standard InChI is InChI=1S/C21H21Cl2N5O2S/c1-3-28-18(11-19(29)24-16-8-6-14(22)7-9-16)26-27-21(28)31-12-20(30)25-17-10-15(23)5-4-13(17)2/h4-10H,3,11-12H2,1-2H3,(H,24,29)(H,25,30). The fourth-order valence-electron chi connectivity index (χ4n) is 2.80. The first kappa shape index (κ1) is 23.1. The highest BCUT2D eigenvalue weighted by Crippen LogP contribution is 2.22. The fourth-order valence-corrected chi connectivity index (χ4v) is 3.92. The number of thioether (sulfide) groups is 1. The van der Waals surface area contributed by atoms with Crippen LogP contribution in [0.5, 0.6) is 0 Å². The molecule has 0 radical (unpaired) electrons. The number of carbonyl (C=O) groups excluding carboxylic acids is 2. The molecule has 0 saturated carbocycles. The normalized spacial score (nSPS) is 10.7. The maximum atomic E-state index is 12.4. The van der Waals surface area contributed by atoms with Crippen LogP contribution in [0.15, 0.2) is 47.6 Å². The van der Waals surface area contributed by atoms with Gasteiger partial charge in [-0.3, -0.25) is 9.59 Å². The Bertz CT molecular complexity index is 1090. The average molecular weight is 478 g/mol. The Morgan fingerprint density at radius 1 is 1.00 bits per heavy atom. The number of aromatic nitrogens is 3. The zero-order chi connectivity index (χ0) is 22.4. The van der Waals surface area contributed by atoms with Gasteiger partial charge in [0.15, 0.2) is 5.16 Å². The molecular weight excluding hydrogens is 457 g/mol. The number of anilines is 2. The highest BCUT2D eigenvalue weighted by atomic mass is 35.5. The Morgan fingerprint density at radius 2 is 1.71 bits per heavy atom. The van der Waals surface area contributed by atoms with Crippen molar-refractivity contribution in [2.75, 3.05) is 16.4 Å². The molecule has 0 bridgehead atoms. The molecule has 162 valence electrons. The van der Waals surface area contributed by atoms with Gasteiger partial charge >= 0.3 is 0 Å². The van der Waals surface area contributed by atoms with E-state index in [9.17, 15) is 9.59 Å². The molecule has 0 unspecified atom stereocenters. The van der Waals surface area contributed by atoms with Crippen LogP contribution in [-0.4, -0.2) is 32.3 Å². The summed E-state index contributed by atoms with van der Waals surface area (Å²) < 4.78 is 1.82. The van der Waals surface area contributed by atoms with Crippen LogP contribution in [0.1, 0.15) is 18.3 Å². The Hall–Kier alpha value is -2.55. The van der Waals surface area contributed by atoms with Gasteiger partial charge in [0, 0.05) is 28.0 Å². The van der Waals surface area contributed by atoms with Crippen molar-refractivity contribution in [2.24, 2.45) is 0 Å². The summed E-state index contributed by atoms with van der Waals surface area (Å²) in [4.78, 5) is 24.7. The van der Waals surface area contributed by atoms with Crippen LogP contribution in [0.2, 0.25) is 10.0 Å². The van der Waals surface area contributed by atoms with Crippen LogP contribution in [-0.2, 0) is 22.6 Å². The van der Waals surface area contributed by atoms with Crippen molar-refractivity contribution in [1.29, 1.82) is 0 Å². The van der Waals surface area contributed by atoms with Crippen molar-refractivity contribution in [3.63, 3.8) is 0 Å². The lowest BCUT2D eigenvalue weighted by molar-refractivity contribution is -0.116. The number of nitrogens with one attached hydrogen (secondary N) is 2. The third-order valence-electron chi connectivity index (χ3n) is 4.36. The summed E-state index contributed by atoms with van der Waals surface area (Å²) in [7, 11) is 0. The SMILES string of the molecule is CCn1c(CC(=O)Nc2ccc(Cl)cc2)nnc1SCC(=O)Nc1cc(Cl)ccc1C. The number of halogens is 2. The minimum atomic E-state index is -0.213. The van der Waals surface area contributed by atoms with Crippen LogP contribution in [0.25, 0.3) is 0 Å². The van der Waals surface area contributed by atoms with Gasteiger partial charge in [0.1, 0.15) is 5.82 Å². The molecule has 3 aromatic rings. The summed E-state index contributed by atoms with van der Waals surface area (Å²) in [6.45, 7) is 4.41. The molecule has 31 heavy (non-hydrogen) atoms. The number of nitrogens with zero attached hydrogens (tertiary/aromatic N) is 3. The van der Waals surface area contributed by atoms with Crippen molar-refractivity contribution in [2.45, 2.75) is 32.0 Å². The number of amides is 2. The van der Waals surface area contributed by atoms with Gasteiger partial charge in [0.2, 0.25) is 11.8 Å². The summed E-state index contributed by atoms with van der Waals surface area (Å²) in [5.41, 5.74) is 2.25. The maximum Gasteiger partial charge on any atom is 0.234 e. The molecule has 1 aromatic heterocycles. The molecule has 0 spiro atoms. The predicted molar refractivity (Wildman–Crippen MR) is 125 cm³/mol. The number of benzene rings is 2. The lowest BCUT2D eigenvalue weighted by Gasteiger charge is -2.10. The minimum absolute atomic E-state index is 0.0674. The Morgan fingerprint density at radius 3 is 2.42 bits per heavy atom. The molecule has 0 aliphatic carbocycles. The summed E-state index contributed by atoms with van der Waals surface area (Å²) in [6, 6.07) is 12.2. The monoisotopic (exact) mass is 477 g/mol. The van der Waals surface area contributed by atoms with E-state index in [4.69, 9.17) is 23.2 Å². The van der Waals surface area contributed by atoms with Gasteiger partial charge in [-0.15, -0.1) is 10.2 Å². The molecule has 0 aliphatic heterocycles. The second-order valence-corrected chi connectivity index (χ2v) is 8.49. The first-order valence-electron chi connectivity index (χ1n) is 9.52. The quantitative estimate of drug-likeness (QED) is 0.453. The van der Waals surface area contributed by atoms with Crippen molar-refractivity contribution >= 4 is 58.2 Å². The molecular formula is C21H21Cl2N5O2S. The van der Waals surface area contributed by atoms with Crippen molar-refractivity contribution < 1.29 is 9.59 Å². The van der Waals surface area contributed by atoms with Crippen LogP contribution in [0.3, 0.4) is 0 Å². The zero-order valence-electron chi connectivity index (χ0n) is 17.0. The molecule has 0 atom stereocenters. The fraction of sp³-hybridized carbons (Fsp3) is 0.238.